The number of nitrogens with one attached hydrogen (secondary N) is 1. The minimum atomic E-state index is -0.171. The average Bonchev–Trinajstić information content (AvgIpc) is 3.10. The van der Waals surface area contributed by atoms with E-state index in [0.717, 1.165) is 53.1 Å². The summed E-state index contributed by atoms with van der Waals surface area (Å²) in [6.45, 7) is 7.53. The van der Waals surface area contributed by atoms with Crippen molar-refractivity contribution in [2.45, 2.75) is 33.7 Å². The van der Waals surface area contributed by atoms with Crippen LogP contribution in [0.4, 0.5) is 15.8 Å². The van der Waals surface area contributed by atoms with E-state index >= 15 is 0 Å². The molecule has 1 aliphatic rings. The number of rotatable bonds is 3. The summed E-state index contributed by atoms with van der Waals surface area (Å²) >= 11 is 1.21. The number of carbonyl (C=O) groups excluding carboxylic acids is 1. The lowest BCUT2D eigenvalue weighted by molar-refractivity contribution is 0.103. The van der Waals surface area contributed by atoms with E-state index < -0.39 is 0 Å². The standard InChI is InChI=1S/C22H22FN3OS/c1-13-8-19(26-7-6-16-10-18(23)5-4-17(16)12-26)9-14(2)20(13)25-22(27)21-15(3)11-24-28-21/h4-5,8-11H,6-7,12H2,1-3H3,(H,25,27). The SMILES string of the molecule is Cc1cnsc1C(=O)Nc1c(C)cc(N2CCc3cc(F)ccc3C2)cc1C. The van der Waals surface area contributed by atoms with Gasteiger partial charge < -0.3 is 10.2 Å². The predicted octanol–water partition coefficient (Wildman–Crippen LogP) is 5.02. The average molecular weight is 396 g/mol. The third-order valence-corrected chi connectivity index (χ3v) is 6.16. The molecule has 2 heterocycles. The second-order valence-corrected chi connectivity index (χ2v) is 8.13. The van der Waals surface area contributed by atoms with Gasteiger partial charge >= 0.3 is 0 Å². The third kappa shape index (κ3) is 3.52. The molecule has 0 radical (unpaired) electrons. The molecule has 0 fully saturated rings. The van der Waals surface area contributed by atoms with Crippen LogP contribution < -0.4 is 10.2 Å². The van der Waals surface area contributed by atoms with Gasteiger partial charge in [-0.1, -0.05) is 6.07 Å². The molecule has 1 aliphatic heterocycles. The Morgan fingerprint density at radius 1 is 1.11 bits per heavy atom. The van der Waals surface area contributed by atoms with Crippen molar-refractivity contribution in [3.05, 3.63) is 75.0 Å². The third-order valence-electron chi connectivity index (χ3n) is 5.26. The molecular weight excluding hydrogens is 373 g/mol. The molecule has 0 atom stereocenters. The number of aryl methyl sites for hydroxylation is 3. The van der Waals surface area contributed by atoms with Crippen LogP contribution in [-0.4, -0.2) is 16.8 Å². The fourth-order valence-corrected chi connectivity index (χ4v) is 4.39. The second kappa shape index (κ2) is 7.36. The summed E-state index contributed by atoms with van der Waals surface area (Å²) in [4.78, 5) is 15.5. The quantitative estimate of drug-likeness (QED) is 0.677. The number of anilines is 2. The molecule has 4 rings (SSSR count). The van der Waals surface area contributed by atoms with Crippen LogP contribution in [0.5, 0.6) is 0 Å². The van der Waals surface area contributed by atoms with Crippen molar-refractivity contribution in [1.29, 1.82) is 0 Å². The van der Waals surface area contributed by atoms with Crippen LogP contribution in [0.15, 0.2) is 36.5 Å². The Labute approximate surface area is 168 Å². The molecule has 28 heavy (non-hydrogen) atoms. The zero-order valence-corrected chi connectivity index (χ0v) is 17.0. The molecule has 6 heteroatoms. The highest BCUT2D eigenvalue weighted by molar-refractivity contribution is 7.08. The molecule has 0 spiro atoms. The number of aromatic nitrogens is 1. The lowest BCUT2D eigenvalue weighted by Gasteiger charge is -2.31. The maximum Gasteiger partial charge on any atom is 0.267 e. The van der Waals surface area contributed by atoms with E-state index in [4.69, 9.17) is 0 Å². The van der Waals surface area contributed by atoms with Crippen molar-refractivity contribution in [2.75, 3.05) is 16.8 Å². The van der Waals surface area contributed by atoms with Gasteiger partial charge in [-0.2, -0.15) is 0 Å². The number of nitrogens with zero attached hydrogens (tertiary/aromatic N) is 2. The zero-order chi connectivity index (χ0) is 19.8. The molecule has 1 N–H and O–H groups in total. The highest BCUT2D eigenvalue weighted by atomic mass is 32.1. The molecule has 1 aromatic heterocycles. The van der Waals surface area contributed by atoms with Gasteiger partial charge in [0.15, 0.2) is 0 Å². The van der Waals surface area contributed by atoms with Gasteiger partial charge in [-0.3, -0.25) is 4.79 Å². The Bertz CT molecular complexity index is 1040. The topological polar surface area (TPSA) is 45.2 Å². The van der Waals surface area contributed by atoms with E-state index in [1.807, 2.05) is 26.8 Å². The number of hydrogen-bond donors (Lipinski definition) is 1. The zero-order valence-electron chi connectivity index (χ0n) is 16.2. The van der Waals surface area contributed by atoms with Gasteiger partial charge in [0.25, 0.3) is 5.91 Å². The predicted molar refractivity (Wildman–Crippen MR) is 112 cm³/mol. The number of halogens is 1. The Hall–Kier alpha value is -2.73. The molecule has 144 valence electrons. The number of carbonyl (C=O) groups is 1. The molecule has 3 aromatic rings. The smallest absolute Gasteiger partial charge is 0.267 e. The van der Waals surface area contributed by atoms with E-state index in [1.54, 1.807) is 12.3 Å². The van der Waals surface area contributed by atoms with Crippen LogP contribution in [-0.2, 0) is 13.0 Å². The number of hydrogen-bond acceptors (Lipinski definition) is 4. The maximum atomic E-state index is 13.4. The van der Waals surface area contributed by atoms with Gasteiger partial charge in [-0.05, 0) is 90.8 Å². The monoisotopic (exact) mass is 395 g/mol. The van der Waals surface area contributed by atoms with E-state index in [-0.39, 0.29) is 11.7 Å². The van der Waals surface area contributed by atoms with Crippen molar-refractivity contribution in [3.63, 3.8) is 0 Å². The first kappa shape index (κ1) is 18.6. The van der Waals surface area contributed by atoms with Crippen molar-refractivity contribution in [3.8, 4) is 0 Å². The molecule has 1 amide bonds. The molecular formula is C22H22FN3OS. The number of amides is 1. The van der Waals surface area contributed by atoms with Crippen molar-refractivity contribution >= 4 is 28.8 Å². The van der Waals surface area contributed by atoms with Gasteiger partial charge in [0, 0.05) is 30.7 Å². The highest BCUT2D eigenvalue weighted by Gasteiger charge is 2.20. The molecule has 4 nitrogen and oxygen atoms in total. The fourth-order valence-electron chi connectivity index (χ4n) is 3.74. The second-order valence-electron chi connectivity index (χ2n) is 7.33. The fraction of sp³-hybridized carbons (Fsp3) is 0.273. The van der Waals surface area contributed by atoms with Gasteiger partial charge in [0.1, 0.15) is 10.7 Å². The first-order chi connectivity index (χ1) is 13.4. The maximum absolute atomic E-state index is 13.4. The minimum Gasteiger partial charge on any atom is -0.367 e. The van der Waals surface area contributed by atoms with Crippen molar-refractivity contribution in [1.82, 2.24) is 4.37 Å². The van der Waals surface area contributed by atoms with Gasteiger partial charge in [-0.15, -0.1) is 0 Å². The lowest BCUT2D eigenvalue weighted by Crippen LogP contribution is -2.30. The summed E-state index contributed by atoms with van der Waals surface area (Å²) in [5, 5.41) is 3.05. The Kier molecular flexibility index (Phi) is 4.89. The molecule has 0 aliphatic carbocycles. The number of fused-ring (bicyclic) bond motifs is 1. The summed E-state index contributed by atoms with van der Waals surface area (Å²) in [5.74, 6) is -0.289. The Balaban J connectivity index is 1.57. The number of benzene rings is 2. The van der Waals surface area contributed by atoms with Crippen LogP contribution in [0.3, 0.4) is 0 Å². The lowest BCUT2D eigenvalue weighted by atomic mass is 9.98. The van der Waals surface area contributed by atoms with Crippen molar-refractivity contribution in [2.24, 2.45) is 0 Å². The molecule has 2 aromatic carbocycles. The highest BCUT2D eigenvalue weighted by Crippen LogP contribution is 2.31. The first-order valence-electron chi connectivity index (χ1n) is 9.28. The van der Waals surface area contributed by atoms with E-state index in [1.165, 1.54) is 23.2 Å². The summed E-state index contributed by atoms with van der Waals surface area (Å²) < 4.78 is 17.5. The summed E-state index contributed by atoms with van der Waals surface area (Å²) in [6.07, 6.45) is 2.54. The Morgan fingerprint density at radius 3 is 2.54 bits per heavy atom. The largest absolute Gasteiger partial charge is 0.367 e. The van der Waals surface area contributed by atoms with Crippen LogP contribution >= 0.6 is 11.5 Å². The van der Waals surface area contributed by atoms with E-state index in [2.05, 4.69) is 26.7 Å². The van der Waals surface area contributed by atoms with Crippen LogP contribution in [0.2, 0.25) is 0 Å². The van der Waals surface area contributed by atoms with Crippen LogP contribution in [0.1, 0.15) is 37.5 Å². The summed E-state index contributed by atoms with van der Waals surface area (Å²) in [5.41, 5.74) is 7.16. The van der Waals surface area contributed by atoms with Crippen LogP contribution in [0, 0.1) is 26.6 Å². The first-order valence-corrected chi connectivity index (χ1v) is 10.1. The Morgan fingerprint density at radius 2 is 1.86 bits per heavy atom. The molecule has 0 saturated carbocycles. The van der Waals surface area contributed by atoms with Gasteiger partial charge in [0.05, 0.1) is 0 Å². The molecule has 0 bridgehead atoms. The minimum absolute atomic E-state index is 0.118. The van der Waals surface area contributed by atoms with E-state index in [9.17, 15) is 9.18 Å². The van der Waals surface area contributed by atoms with E-state index in [0.29, 0.717) is 4.88 Å². The normalized spacial score (nSPS) is 13.4. The molecule has 0 saturated heterocycles. The van der Waals surface area contributed by atoms with Gasteiger partial charge in [-0.25, -0.2) is 8.76 Å². The van der Waals surface area contributed by atoms with Crippen molar-refractivity contribution < 1.29 is 9.18 Å². The van der Waals surface area contributed by atoms with Gasteiger partial charge in [0.2, 0.25) is 0 Å². The van der Waals surface area contributed by atoms with Crippen LogP contribution in [0.25, 0.3) is 0 Å². The molecule has 0 unspecified atom stereocenters. The summed E-state index contributed by atoms with van der Waals surface area (Å²) in [7, 11) is 0. The summed E-state index contributed by atoms with van der Waals surface area (Å²) in [6, 6.07) is 9.26.